The van der Waals surface area contributed by atoms with Crippen molar-refractivity contribution in [1.82, 2.24) is 5.32 Å². The van der Waals surface area contributed by atoms with Crippen molar-refractivity contribution in [1.29, 1.82) is 0 Å². The number of amides is 1. The van der Waals surface area contributed by atoms with E-state index in [9.17, 15) is 9.18 Å². The Hall–Kier alpha value is -0.940. The molecule has 1 fully saturated rings. The molecular formula is C14H17BrFNO2. The predicted molar refractivity (Wildman–Crippen MR) is 74.6 cm³/mol. The lowest BCUT2D eigenvalue weighted by Crippen LogP contribution is -2.46. The van der Waals surface area contributed by atoms with Gasteiger partial charge < -0.3 is 10.1 Å². The van der Waals surface area contributed by atoms with Gasteiger partial charge in [-0.1, -0.05) is 6.07 Å². The summed E-state index contributed by atoms with van der Waals surface area (Å²) in [5, 5.41) is 2.88. The molecule has 1 aliphatic heterocycles. The summed E-state index contributed by atoms with van der Waals surface area (Å²) < 4.78 is 19.8. The lowest BCUT2D eigenvalue weighted by atomic mass is 9.94. The predicted octanol–water partition coefficient (Wildman–Crippen LogP) is 3.28. The lowest BCUT2D eigenvalue weighted by Gasteiger charge is -2.35. The van der Waals surface area contributed by atoms with Crippen LogP contribution in [0.15, 0.2) is 22.7 Å². The van der Waals surface area contributed by atoms with Crippen molar-refractivity contribution >= 4 is 21.8 Å². The van der Waals surface area contributed by atoms with Crippen LogP contribution in [0.3, 0.4) is 0 Å². The summed E-state index contributed by atoms with van der Waals surface area (Å²) >= 11 is 3.21. The average molecular weight is 330 g/mol. The quantitative estimate of drug-likeness (QED) is 0.904. The highest BCUT2D eigenvalue weighted by Crippen LogP contribution is 2.25. The zero-order valence-electron chi connectivity index (χ0n) is 11.0. The van der Waals surface area contributed by atoms with E-state index >= 15 is 0 Å². The van der Waals surface area contributed by atoms with Gasteiger partial charge >= 0.3 is 0 Å². The molecule has 0 saturated carbocycles. The Morgan fingerprint density at radius 3 is 2.89 bits per heavy atom. The maximum absolute atomic E-state index is 13.7. The van der Waals surface area contributed by atoms with E-state index in [0.717, 1.165) is 12.8 Å². The number of carbonyl (C=O) groups is 1. The minimum atomic E-state index is -0.516. The number of hydrogen-bond donors (Lipinski definition) is 1. The second-order valence-electron chi connectivity index (χ2n) is 5.37. The molecule has 0 aromatic heterocycles. The normalized spacial score (nSPS) is 22.0. The number of ether oxygens (including phenoxy) is 1. The van der Waals surface area contributed by atoms with Crippen LogP contribution in [-0.4, -0.2) is 24.2 Å². The first-order valence-electron chi connectivity index (χ1n) is 6.28. The summed E-state index contributed by atoms with van der Waals surface area (Å²) in [5.41, 5.74) is -0.186. The van der Waals surface area contributed by atoms with Crippen molar-refractivity contribution in [3.8, 4) is 0 Å². The molecule has 2 rings (SSSR count). The van der Waals surface area contributed by atoms with E-state index in [1.807, 2.05) is 13.8 Å². The molecule has 0 radical (unpaired) electrons. The maximum atomic E-state index is 13.7. The first-order valence-corrected chi connectivity index (χ1v) is 7.07. The summed E-state index contributed by atoms with van der Waals surface area (Å²) in [6.07, 6.45) is 1.48. The van der Waals surface area contributed by atoms with Crippen molar-refractivity contribution < 1.29 is 13.9 Å². The van der Waals surface area contributed by atoms with E-state index in [1.54, 1.807) is 12.1 Å². The van der Waals surface area contributed by atoms with Gasteiger partial charge in [0.15, 0.2) is 0 Å². The number of halogens is 2. The molecule has 104 valence electrons. The molecule has 1 N–H and O–H groups in total. The van der Waals surface area contributed by atoms with Crippen molar-refractivity contribution in [3.63, 3.8) is 0 Å². The third-order valence-corrected chi connectivity index (χ3v) is 3.88. The Balaban J connectivity index is 2.09. The van der Waals surface area contributed by atoms with Gasteiger partial charge in [0.2, 0.25) is 0 Å². The summed E-state index contributed by atoms with van der Waals surface area (Å²) in [5.74, 6) is -0.897. The molecule has 1 atom stereocenters. The average Bonchev–Trinajstić information content (AvgIpc) is 2.27. The molecule has 1 aromatic carbocycles. The fourth-order valence-electron chi connectivity index (χ4n) is 2.33. The molecule has 1 unspecified atom stereocenters. The summed E-state index contributed by atoms with van der Waals surface area (Å²) in [6, 6.07) is 4.52. The Morgan fingerprint density at radius 1 is 1.53 bits per heavy atom. The molecule has 0 spiro atoms. The van der Waals surface area contributed by atoms with Gasteiger partial charge in [0.1, 0.15) is 5.82 Å². The van der Waals surface area contributed by atoms with E-state index in [1.165, 1.54) is 6.07 Å². The van der Waals surface area contributed by atoms with Gasteiger partial charge in [-0.2, -0.15) is 0 Å². The number of hydrogen-bond acceptors (Lipinski definition) is 2. The summed E-state index contributed by atoms with van der Waals surface area (Å²) in [6.45, 7) is 4.59. The second kappa shape index (κ2) is 5.59. The lowest BCUT2D eigenvalue weighted by molar-refractivity contribution is -0.0615. The van der Waals surface area contributed by atoms with Crippen LogP contribution in [0.4, 0.5) is 4.39 Å². The van der Waals surface area contributed by atoms with E-state index in [4.69, 9.17) is 4.74 Å². The van der Waals surface area contributed by atoms with Gasteiger partial charge in [0, 0.05) is 17.1 Å². The highest BCUT2D eigenvalue weighted by atomic mass is 79.9. The molecular weight excluding hydrogens is 313 g/mol. The topological polar surface area (TPSA) is 38.3 Å². The first-order chi connectivity index (χ1) is 8.89. The second-order valence-corrected chi connectivity index (χ2v) is 6.22. The van der Waals surface area contributed by atoms with Gasteiger partial charge in [-0.3, -0.25) is 4.79 Å². The van der Waals surface area contributed by atoms with E-state index in [2.05, 4.69) is 21.2 Å². The van der Waals surface area contributed by atoms with Gasteiger partial charge in [-0.05, 0) is 54.8 Å². The van der Waals surface area contributed by atoms with Crippen LogP contribution in [0, 0.1) is 5.82 Å². The Morgan fingerprint density at radius 2 is 2.26 bits per heavy atom. The number of benzene rings is 1. The Labute approximate surface area is 120 Å². The molecule has 1 heterocycles. The minimum absolute atomic E-state index is 0.0164. The van der Waals surface area contributed by atoms with Gasteiger partial charge in [0.25, 0.3) is 5.91 Å². The fraction of sp³-hybridized carbons (Fsp3) is 0.500. The van der Waals surface area contributed by atoms with Crippen LogP contribution in [0.5, 0.6) is 0 Å². The van der Waals surface area contributed by atoms with E-state index in [0.29, 0.717) is 11.1 Å². The van der Waals surface area contributed by atoms with Crippen LogP contribution < -0.4 is 5.32 Å². The zero-order valence-corrected chi connectivity index (χ0v) is 12.6. The molecule has 1 amide bonds. The smallest absolute Gasteiger partial charge is 0.255 e. The SMILES string of the molecule is CC1(C)CC(NC(=O)c2c(F)cccc2Br)CCO1. The monoisotopic (exact) mass is 329 g/mol. The highest BCUT2D eigenvalue weighted by Gasteiger charge is 2.30. The van der Waals surface area contributed by atoms with Crippen molar-refractivity contribution in [2.45, 2.75) is 38.3 Å². The number of nitrogens with one attached hydrogen (secondary N) is 1. The molecule has 3 nitrogen and oxygen atoms in total. The number of rotatable bonds is 2. The molecule has 1 aromatic rings. The van der Waals surface area contributed by atoms with Gasteiger partial charge in [-0.25, -0.2) is 4.39 Å². The molecule has 19 heavy (non-hydrogen) atoms. The molecule has 1 saturated heterocycles. The molecule has 0 aliphatic carbocycles. The van der Waals surface area contributed by atoms with Crippen molar-refractivity contribution in [2.24, 2.45) is 0 Å². The molecule has 5 heteroatoms. The minimum Gasteiger partial charge on any atom is -0.375 e. The van der Waals surface area contributed by atoms with Crippen molar-refractivity contribution in [3.05, 3.63) is 34.1 Å². The van der Waals surface area contributed by atoms with E-state index in [-0.39, 0.29) is 23.1 Å². The van der Waals surface area contributed by atoms with Crippen LogP contribution in [0.1, 0.15) is 37.0 Å². The van der Waals surface area contributed by atoms with Crippen LogP contribution >= 0.6 is 15.9 Å². The Kier molecular flexibility index (Phi) is 4.26. The van der Waals surface area contributed by atoms with Crippen molar-refractivity contribution in [2.75, 3.05) is 6.61 Å². The van der Waals surface area contributed by atoms with Gasteiger partial charge in [0.05, 0.1) is 11.2 Å². The van der Waals surface area contributed by atoms with Crippen LogP contribution in [0.25, 0.3) is 0 Å². The zero-order chi connectivity index (χ0) is 14.0. The maximum Gasteiger partial charge on any atom is 0.255 e. The van der Waals surface area contributed by atoms with Crippen LogP contribution in [0.2, 0.25) is 0 Å². The first kappa shape index (κ1) is 14.5. The standard InChI is InChI=1S/C14H17BrFNO2/c1-14(2)8-9(6-7-19-14)17-13(18)12-10(15)4-3-5-11(12)16/h3-5,9H,6-8H2,1-2H3,(H,17,18). The molecule has 1 aliphatic rings. The van der Waals surface area contributed by atoms with E-state index < -0.39 is 5.82 Å². The largest absolute Gasteiger partial charge is 0.375 e. The Bertz CT molecular complexity index is 470. The van der Waals surface area contributed by atoms with Crippen LogP contribution in [-0.2, 0) is 4.74 Å². The summed E-state index contributed by atoms with van der Waals surface area (Å²) in [4.78, 5) is 12.1. The summed E-state index contributed by atoms with van der Waals surface area (Å²) in [7, 11) is 0. The molecule has 0 bridgehead atoms. The number of carbonyl (C=O) groups excluding carboxylic acids is 1. The third-order valence-electron chi connectivity index (χ3n) is 3.22. The van der Waals surface area contributed by atoms with Gasteiger partial charge in [-0.15, -0.1) is 0 Å². The third kappa shape index (κ3) is 3.54. The fourth-order valence-corrected chi connectivity index (χ4v) is 2.85. The highest BCUT2D eigenvalue weighted by molar-refractivity contribution is 9.10.